The van der Waals surface area contributed by atoms with Gasteiger partial charge >= 0.3 is 0 Å². The van der Waals surface area contributed by atoms with Crippen LogP contribution in [0.4, 0.5) is 11.4 Å². The summed E-state index contributed by atoms with van der Waals surface area (Å²) in [6.45, 7) is 3.98. The highest BCUT2D eigenvalue weighted by Gasteiger charge is 2.24. The van der Waals surface area contributed by atoms with Gasteiger partial charge in [-0.15, -0.1) is 0 Å². The molecule has 5 heteroatoms. The van der Waals surface area contributed by atoms with Gasteiger partial charge in [-0.1, -0.05) is 12.1 Å². The largest absolute Gasteiger partial charge is 0.489 e. The number of hydrogen-bond acceptors (Lipinski definition) is 4. The van der Waals surface area contributed by atoms with Crippen molar-refractivity contribution >= 4 is 17.3 Å². The number of anilines is 2. The van der Waals surface area contributed by atoms with Gasteiger partial charge in [0, 0.05) is 6.04 Å². The van der Waals surface area contributed by atoms with Gasteiger partial charge in [-0.05, 0) is 51.0 Å². The second kappa shape index (κ2) is 6.69. The molecule has 0 bridgehead atoms. The first-order valence-corrected chi connectivity index (χ1v) is 7.91. The number of carbonyl (C=O) groups is 1. The summed E-state index contributed by atoms with van der Waals surface area (Å²) in [4.78, 5) is 16.2. The summed E-state index contributed by atoms with van der Waals surface area (Å²) in [5.41, 5.74) is 2.13. The molecule has 2 aromatic rings. The average molecular weight is 311 g/mol. The van der Waals surface area contributed by atoms with Crippen molar-refractivity contribution in [2.75, 3.05) is 5.32 Å². The third-order valence-corrected chi connectivity index (χ3v) is 3.44. The van der Waals surface area contributed by atoms with Crippen molar-refractivity contribution < 1.29 is 9.53 Å². The molecule has 0 spiro atoms. The van der Waals surface area contributed by atoms with E-state index in [1.807, 2.05) is 44.2 Å². The van der Waals surface area contributed by atoms with Crippen molar-refractivity contribution in [3.8, 4) is 5.75 Å². The molecule has 1 aromatic heterocycles. The fourth-order valence-corrected chi connectivity index (χ4v) is 2.17. The molecule has 0 aliphatic heterocycles. The number of nitrogens with one attached hydrogen (secondary N) is 2. The molecule has 5 nitrogen and oxygen atoms in total. The fraction of sp³-hybridized carbons (Fsp3) is 0.333. The highest BCUT2D eigenvalue weighted by Crippen LogP contribution is 2.28. The fourth-order valence-electron chi connectivity index (χ4n) is 2.17. The number of pyridine rings is 1. The summed E-state index contributed by atoms with van der Waals surface area (Å²) < 4.78 is 5.78. The molecule has 1 fully saturated rings. The van der Waals surface area contributed by atoms with Crippen LogP contribution in [-0.2, 0) is 0 Å². The Morgan fingerprint density at radius 3 is 2.65 bits per heavy atom. The maximum absolute atomic E-state index is 11.9. The standard InChI is InChI=1S/C18H21N3O2/c1-12(2)23-17-6-4-3-5-15(17)20-14-9-10-16(19-11-14)18(22)21-13-7-8-13/h3-6,9-13,20H,7-8H2,1-2H3,(H,21,22). The average Bonchev–Trinajstić information content (AvgIpc) is 3.33. The van der Waals surface area contributed by atoms with E-state index in [1.165, 1.54) is 0 Å². The lowest BCUT2D eigenvalue weighted by Crippen LogP contribution is -2.26. The van der Waals surface area contributed by atoms with Crippen molar-refractivity contribution in [1.82, 2.24) is 10.3 Å². The van der Waals surface area contributed by atoms with Gasteiger partial charge in [0.25, 0.3) is 5.91 Å². The normalized spacial score (nSPS) is 13.7. The van der Waals surface area contributed by atoms with Crippen LogP contribution < -0.4 is 15.4 Å². The molecule has 3 rings (SSSR count). The van der Waals surface area contributed by atoms with Crippen molar-refractivity contribution in [2.24, 2.45) is 0 Å². The van der Waals surface area contributed by atoms with E-state index in [1.54, 1.807) is 12.3 Å². The Kier molecular flexibility index (Phi) is 4.46. The molecular weight excluding hydrogens is 290 g/mol. The van der Waals surface area contributed by atoms with Crippen LogP contribution in [0.2, 0.25) is 0 Å². The predicted molar refractivity (Wildman–Crippen MR) is 90.2 cm³/mol. The lowest BCUT2D eigenvalue weighted by molar-refractivity contribution is 0.0946. The molecule has 1 aliphatic rings. The number of para-hydroxylation sites is 2. The molecule has 0 radical (unpaired) electrons. The van der Waals surface area contributed by atoms with Crippen LogP contribution in [0, 0.1) is 0 Å². The van der Waals surface area contributed by atoms with E-state index in [9.17, 15) is 4.79 Å². The van der Waals surface area contributed by atoms with Crippen molar-refractivity contribution in [3.05, 3.63) is 48.3 Å². The Labute approximate surface area is 136 Å². The molecular formula is C18H21N3O2. The Balaban J connectivity index is 1.69. The number of benzene rings is 1. The maximum atomic E-state index is 11.9. The van der Waals surface area contributed by atoms with E-state index < -0.39 is 0 Å². The van der Waals surface area contributed by atoms with Crippen LogP contribution in [0.5, 0.6) is 5.75 Å². The number of amides is 1. The van der Waals surface area contributed by atoms with Gasteiger partial charge in [0.1, 0.15) is 11.4 Å². The summed E-state index contributed by atoms with van der Waals surface area (Å²) >= 11 is 0. The van der Waals surface area contributed by atoms with Crippen molar-refractivity contribution in [1.29, 1.82) is 0 Å². The first-order valence-electron chi connectivity index (χ1n) is 7.91. The molecule has 1 amide bonds. The topological polar surface area (TPSA) is 63.2 Å². The molecule has 2 N–H and O–H groups in total. The number of carbonyl (C=O) groups excluding carboxylic acids is 1. The third-order valence-electron chi connectivity index (χ3n) is 3.44. The van der Waals surface area contributed by atoms with E-state index in [-0.39, 0.29) is 12.0 Å². The minimum Gasteiger partial charge on any atom is -0.489 e. The Bertz CT molecular complexity index is 679. The molecule has 0 unspecified atom stereocenters. The van der Waals surface area contributed by atoms with Crippen LogP contribution in [0.25, 0.3) is 0 Å². The molecule has 23 heavy (non-hydrogen) atoms. The number of ether oxygens (including phenoxy) is 1. The Morgan fingerprint density at radius 2 is 2.00 bits per heavy atom. The molecule has 120 valence electrons. The highest BCUT2D eigenvalue weighted by atomic mass is 16.5. The SMILES string of the molecule is CC(C)Oc1ccccc1Nc1ccc(C(=O)NC2CC2)nc1. The minimum atomic E-state index is -0.109. The Hall–Kier alpha value is -2.56. The lowest BCUT2D eigenvalue weighted by Gasteiger charge is -2.15. The van der Waals surface area contributed by atoms with E-state index in [2.05, 4.69) is 15.6 Å². The van der Waals surface area contributed by atoms with Crippen LogP contribution >= 0.6 is 0 Å². The first kappa shape index (κ1) is 15.3. The van der Waals surface area contributed by atoms with Gasteiger partial charge < -0.3 is 15.4 Å². The second-order valence-electron chi connectivity index (χ2n) is 5.97. The highest BCUT2D eigenvalue weighted by molar-refractivity contribution is 5.92. The van der Waals surface area contributed by atoms with E-state index in [0.717, 1.165) is 30.0 Å². The van der Waals surface area contributed by atoms with Crippen LogP contribution in [-0.4, -0.2) is 23.0 Å². The molecule has 1 aromatic carbocycles. The zero-order valence-corrected chi connectivity index (χ0v) is 13.4. The third kappa shape index (κ3) is 4.22. The zero-order valence-electron chi connectivity index (χ0n) is 13.4. The lowest BCUT2D eigenvalue weighted by atomic mass is 10.2. The number of aromatic nitrogens is 1. The smallest absolute Gasteiger partial charge is 0.270 e. The van der Waals surface area contributed by atoms with E-state index in [4.69, 9.17) is 4.74 Å². The molecule has 0 atom stereocenters. The molecule has 1 aliphatic carbocycles. The quantitative estimate of drug-likeness (QED) is 0.857. The first-order chi connectivity index (χ1) is 11.1. The number of hydrogen-bond donors (Lipinski definition) is 2. The molecule has 1 heterocycles. The Morgan fingerprint density at radius 1 is 1.22 bits per heavy atom. The summed E-state index contributed by atoms with van der Waals surface area (Å²) in [6.07, 6.45) is 3.90. The summed E-state index contributed by atoms with van der Waals surface area (Å²) in [5, 5.41) is 6.21. The summed E-state index contributed by atoms with van der Waals surface area (Å²) in [6, 6.07) is 11.7. The molecule has 0 saturated heterocycles. The van der Waals surface area contributed by atoms with Gasteiger partial charge in [0.05, 0.1) is 23.7 Å². The van der Waals surface area contributed by atoms with Gasteiger partial charge in [0.2, 0.25) is 0 Å². The van der Waals surface area contributed by atoms with Gasteiger partial charge in [0.15, 0.2) is 0 Å². The number of nitrogens with zero attached hydrogens (tertiary/aromatic N) is 1. The number of rotatable bonds is 6. The van der Waals surface area contributed by atoms with Crippen LogP contribution in [0.1, 0.15) is 37.2 Å². The van der Waals surface area contributed by atoms with Crippen LogP contribution in [0.3, 0.4) is 0 Å². The second-order valence-corrected chi connectivity index (χ2v) is 5.97. The predicted octanol–water partition coefficient (Wildman–Crippen LogP) is 3.50. The van der Waals surface area contributed by atoms with Crippen molar-refractivity contribution in [3.63, 3.8) is 0 Å². The van der Waals surface area contributed by atoms with Gasteiger partial charge in [-0.25, -0.2) is 4.98 Å². The van der Waals surface area contributed by atoms with Crippen LogP contribution in [0.15, 0.2) is 42.6 Å². The summed E-state index contributed by atoms with van der Waals surface area (Å²) in [7, 11) is 0. The minimum absolute atomic E-state index is 0.101. The van der Waals surface area contributed by atoms with Gasteiger partial charge in [-0.3, -0.25) is 4.79 Å². The molecule has 1 saturated carbocycles. The van der Waals surface area contributed by atoms with Gasteiger partial charge in [-0.2, -0.15) is 0 Å². The van der Waals surface area contributed by atoms with Crippen molar-refractivity contribution in [2.45, 2.75) is 38.8 Å². The van der Waals surface area contributed by atoms with E-state index in [0.29, 0.717) is 11.7 Å². The summed E-state index contributed by atoms with van der Waals surface area (Å²) in [5.74, 6) is 0.681. The zero-order chi connectivity index (χ0) is 16.2. The maximum Gasteiger partial charge on any atom is 0.270 e. The van der Waals surface area contributed by atoms with E-state index >= 15 is 0 Å². The monoisotopic (exact) mass is 311 g/mol.